The molecule has 10 atom stereocenters. The normalized spacial score (nSPS) is 25.4. The van der Waals surface area contributed by atoms with E-state index >= 15 is 0 Å². The van der Waals surface area contributed by atoms with E-state index in [1.54, 1.807) is 166 Å². The predicted octanol–water partition coefficient (Wildman–Crippen LogP) is 8.83. The summed E-state index contributed by atoms with van der Waals surface area (Å²) in [6.45, 7) is 38.6. The van der Waals surface area contributed by atoms with Gasteiger partial charge in [-0.3, -0.25) is 38.4 Å². The number of carbonyl (C=O) groups is 8. The maximum Gasteiger partial charge on any atom is 0.311 e. The third-order valence-electron chi connectivity index (χ3n) is 10.9. The lowest BCUT2D eigenvalue weighted by Crippen LogP contribution is -2.63. The Hall–Kier alpha value is -3.62. The second kappa shape index (κ2) is 24.8. The van der Waals surface area contributed by atoms with Crippen LogP contribution in [0.15, 0.2) is 0 Å². The molecule has 2 fully saturated rings. The van der Waals surface area contributed by atoms with Gasteiger partial charge in [-0.05, 0) is 166 Å². The highest BCUT2D eigenvalue weighted by Crippen LogP contribution is 2.41. The van der Waals surface area contributed by atoms with Gasteiger partial charge in [0.25, 0.3) is 0 Å². The van der Waals surface area contributed by atoms with Crippen LogP contribution in [0.3, 0.4) is 0 Å². The smallest absolute Gasteiger partial charge is 0.311 e. The molecule has 0 aromatic carbocycles. The van der Waals surface area contributed by atoms with Gasteiger partial charge >= 0.3 is 47.8 Å². The lowest BCUT2D eigenvalue weighted by molar-refractivity contribution is -0.246. The third-order valence-corrected chi connectivity index (χ3v) is 13.5. The Balaban J connectivity index is 2.85. The minimum absolute atomic E-state index is 0.151. The molecule has 0 aromatic rings. The van der Waals surface area contributed by atoms with Crippen LogP contribution in [0.25, 0.3) is 0 Å². The standard InChI is InChI=1S/C54H90O18S2/c1-47(2,3)39(55)63-27-29-31(67-41(57)49(7,8)9)33(69-43(59)51(13,14)15)35(71-45(61)53(19,20)21)37(65-29)73-25-26-74-38-36(72-46(62)54(22,23)24)34(70-44(60)52(16,17)18)32(68-42(58)50(10,11)12)30(66-38)28-64-40(56)48(4,5)6/h29-38H,25-28H2,1-24H3/t29?,30?,31-,32-,33?,34?,35?,36?,37+,38+/m1/s1. The van der Waals surface area contributed by atoms with Crippen molar-refractivity contribution in [2.24, 2.45) is 43.3 Å². The summed E-state index contributed by atoms with van der Waals surface area (Å²) >= 11 is 2.28. The summed E-state index contributed by atoms with van der Waals surface area (Å²) in [6.07, 6.45) is -11.1. The topological polar surface area (TPSA) is 229 Å². The summed E-state index contributed by atoms with van der Waals surface area (Å²) in [5, 5.41) is 0. The summed E-state index contributed by atoms with van der Waals surface area (Å²) < 4.78 is 61.9. The Morgan fingerprint density at radius 1 is 0.297 bits per heavy atom. The molecule has 0 aliphatic carbocycles. The van der Waals surface area contributed by atoms with E-state index in [0.717, 1.165) is 23.5 Å². The first-order valence-corrected chi connectivity index (χ1v) is 27.3. The first-order valence-electron chi connectivity index (χ1n) is 25.2. The molecular weight excluding hydrogens is 1000 g/mol. The van der Waals surface area contributed by atoms with Crippen LogP contribution in [-0.4, -0.2) is 132 Å². The van der Waals surface area contributed by atoms with E-state index in [0.29, 0.717) is 0 Å². The molecule has 0 amide bonds. The third kappa shape index (κ3) is 19.7. The first-order chi connectivity index (χ1) is 33.1. The van der Waals surface area contributed by atoms with Crippen LogP contribution in [-0.2, 0) is 85.7 Å². The average molecular weight is 1090 g/mol. The Labute approximate surface area is 449 Å². The SMILES string of the molecule is CC(C)(C)C(=O)OCC1O[C@@H](SCCS[C@@H]2OC(COC(=O)C(C)(C)C)[C@@H](OC(=O)C(C)(C)C)C(OC(=O)C(C)(C)C)C2OC(=O)C(C)(C)C)C(OC(=O)C(C)(C)C)C(OC(=O)C(C)(C)C)[C@@H]1OC(=O)C(C)(C)C. The molecule has 426 valence electrons. The number of ether oxygens (including phenoxy) is 10. The van der Waals surface area contributed by atoms with E-state index in [1.807, 2.05) is 0 Å². The summed E-state index contributed by atoms with van der Waals surface area (Å²) in [5.74, 6) is -5.04. The monoisotopic (exact) mass is 1090 g/mol. The van der Waals surface area contributed by atoms with Crippen molar-refractivity contribution in [1.82, 2.24) is 0 Å². The molecule has 2 rings (SSSR count). The van der Waals surface area contributed by atoms with Crippen molar-refractivity contribution in [2.45, 2.75) is 226 Å². The number of hydrogen-bond donors (Lipinski definition) is 0. The number of esters is 8. The summed E-state index contributed by atoms with van der Waals surface area (Å²) in [7, 11) is 0. The minimum Gasteiger partial charge on any atom is -0.462 e. The number of thioether (sulfide) groups is 2. The molecule has 2 heterocycles. The van der Waals surface area contributed by atoms with Crippen LogP contribution in [0, 0.1) is 43.3 Å². The second-order valence-electron chi connectivity index (χ2n) is 27.2. The van der Waals surface area contributed by atoms with Crippen LogP contribution in [0.5, 0.6) is 0 Å². The molecule has 0 spiro atoms. The van der Waals surface area contributed by atoms with Crippen molar-refractivity contribution >= 4 is 71.3 Å². The van der Waals surface area contributed by atoms with Crippen molar-refractivity contribution in [2.75, 3.05) is 24.7 Å². The maximum atomic E-state index is 13.9. The number of carbonyl (C=O) groups excluding carboxylic acids is 8. The van der Waals surface area contributed by atoms with Crippen LogP contribution < -0.4 is 0 Å². The van der Waals surface area contributed by atoms with Crippen LogP contribution in [0.4, 0.5) is 0 Å². The van der Waals surface area contributed by atoms with E-state index in [-0.39, 0.29) is 11.5 Å². The van der Waals surface area contributed by atoms with E-state index in [4.69, 9.17) is 47.4 Å². The molecule has 0 bridgehead atoms. The lowest BCUT2D eigenvalue weighted by Gasteiger charge is -2.46. The molecule has 0 saturated carbocycles. The molecule has 2 aliphatic heterocycles. The number of hydrogen-bond acceptors (Lipinski definition) is 20. The van der Waals surface area contributed by atoms with E-state index in [1.165, 1.54) is 0 Å². The summed E-state index contributed by atoms with van der Waals surface area (Å²) in [4.78, 5) is 109. The van der Waals surface area contributed by atoms with Gasteiger partial charge in [-0.15, -0.1) is 23.5 Å². The molecular formula is C54H90O18S2. The van der Waals surface area contributed by atoms with Gasteiger partial charge in [-0.1, -0.05) is 0 Å². The van der Waals surface area contributed by atoms with Gasteiger partial charge in [-0.25, -0.2) is 0 Å². The van der Waals surface area contributed by atoms with Crippen molar-refractivity contribution in [1.29, 1.82) is 0 Å². The Morgan fingerprint density at radius 2 is 0.486 bits per heavy atom. The van der Waals surface area contributed by atoms with Gasteiger partial charge in [0.15, 0.2) is 36.6 Å². The molecule has 2 saturated heterocycles. The fourth-order valence-electron chi connectivity index (χ4n) is 5.98. The van der Waals surface area contributed by atoms with Gasteiger partial charge in [0, 0.05) is 11.5 Å². The summed E-state index contributed by atoms with van der Waals surface area (Å²) in [5.41, 5.74) is -10.6. The highest BCUT2D eigenvalue weighted by Gasteiger charge is 2.57. The fourth-order valence-corrected chi connectivity index (χ4v) is 8.45. The molecule has 20 heteroatoms. The zero-order chi connectivity index (χ0) is 57.7. The van der Waals surface area contributed by atoms with Crippen LogP contribution in [0.1, 0.15) is 166 Å². The Bertz CT molecular complexity index is 1850. The average Bonchev–Trinajstić information content (AvgIpc) is 3.20. The maximum absolute atomic E-state index is 13.9. The second-order valence-corrected chi connectivity index (χ2v) is 29.7. The van der Waals surface area contributed by atoms with Crippen molar-refractivity contribution < 1.29 is 85.7 Å². The molecule has 0 aromatic heterocycles. The predicted molar refractivity (Wildman–Crippen MR) is 279 cm³/mol. The highest BCUT2D eigenvalue weighted by atomic mass is 32.2. The number of rotatable bonds is 15. The Morgan fingerprint density at radius 3 is 0.689 bits per heavy atom. The quantitative estimate of drug-likeness (QED) is 0.0847. The zero-order valence-electron chi connectivity index (χ0n) is 48.8. The molecule has 74 heavy (non-hydrogen) atoms. The zero-order valence-corrected chi connectivity index (χ0v) is 50.4. The van der Waals surface area contributed by atoms with E-state index in [9.17, 15) is 38.4 Å². The largest absolute Gasteiger partial charge is 0.462 e. The van der Waals surface area contributed by atoms with Gasteiger partial charge in [0.2, 0.25) is 0 Å². The van der Waals surface area contributed by atoms with Crippen LogP contribution >= 0.6 is 23.5 Å². The van der Waals surface area contributed by atoms with Gasteiger partial charge < -0.3 is 47.4 Å². The van der Waals surface area contributed by atoms with Crippen molar-refractivity contribution in [3.63, 3.8) is 0 Å². The highest BCUT2D eigenvalue weighted by molar-refractivity contribution is 8.03. The van der Waals surface area contributed by atoms with Crippen molar-refractivity contribution in [3.8, 4) is 0 Å². The van der Waals surface area contributed by atoms with Crippen LogP contribution in [0.2, 0.25) is 0 Å². The van der Waals surface area contributed by atoms with Crippen molar-refractivity contribution in [3.05, 3.63) is 0 Å². The lowest BCUT2D eigenvalue weighted by atomic mass is 9.93. The van der Waals surface area contributed by atoms with Gasteiger partial charge in [-0.2, -0.15) is 0 Å². The molecule has 0 radical (unpaired) electrons. The van der Waals surface area contributed by atoms with E-state index < -0.39 is 164 Å². The van der Waals surface area contributed by atoms with Gasteiger partial charge in [0.05, 0.1) is 43.3 Å². The molecule has 6 unspecified atom stereocenters. The fraction of sp³-hybridized carbons (Fsp3) is 0.852. The van der Waals surface area contributed by atoms with Gasteiger partial charge in [0.1, 0.15) is 36.3 Å². The minimum atomic E-state index is -1.47. The first kappa shape index (κ1) is 66.5. The summed E-state index contributed by atoms with van der Waals surface area (Å²) in [6, 6.07) is 0. The molecule has 0 N–H and O–H groups in total. The molecule has 18 nitrogen and oxygen atoms in total. The Kier molecular flexibility index (Phi) is 22.3. The van der Waals surface area contributed by atoms with E-state index in [2.05, 4.69) is 0 Å². The molecule has 2 aliphatic rings.